The third-order valence-corrected chi connectivity index (χ3v) is 5.72. The van der Waals surface area contributed by atoms with E-state index in [2.05, 4.69) is 5.32 Å². The Kier molecular flexibility index (Phi) is 6.59. The number of nitrogens with one attached hydrogen (secondary N) is 1. The number of methoxy groups -OCH3 is 2. The number of hydrogen-bond donors (Lipinski definition) is 1. The van der Waals surface area contributed by atoms with E-state index in [1.165, 1.54) is 0 Å². The van der Waals surface area contributed by atoms with Gasteiger partial charge in [-0.2, -0.15) is 0 Å². The topological polar surface area (TPSA) is 63.9 Å². The van der Waals surface area contributed by atoms with E-state index < -0.39 is 0 Å². The molecule has 3 aromatic carbocycles. The molecule has 0 spiro atoms. The summed E-state index contributed by atoms with van der Waals surface area (Å²) in [4.78, 5) is 14.7. The summed E-state index contributed by atoms with van der Waals surface area (Å²) in [7, 11) is 7.20. The maximum absolute atomic E-state index is 12.7. The molecular weight excluding hydrogens is 428 g/mol. The zero-order valence-corrected chi connectivity index (χ0v) is 20.0. The van der Waals surface area contributed by atoms with Crippen molar-refractivity contribution in [3.63, 3.8) is 0 Å². The first-order chi connectivity index (χ1) is 16.4. The van der Waals surface area contributed by atoms with Crippen LogP contribution in [0, 0.1) is 0 Å². The molecule has 4 rings (SSSR count). The SMILES string of the molecule is COc1ccc(-c2coc3cc(OC)c(/C(C)=C/C(=O)Nc4ccc(N(C)C)cc4)cc23)cc1. The lowest BCUT2D eigenvalue weighted by molar-refractivity contribution is -0.111. The standard InChI is InChI=1S/C28H28N2O4/c1-18(14-28(31)29-20-8-10-21(11-9-20)30(2)3)23-15-24-25(17-34-27(24)16-26(23)33-5)19-6-12-22(32-4)13-7-19/h6-17H,1-5H3,(H,29,31)/b18-14+. The molecule has 0 bridgehead atoms. The number of fused-ring (bicyclic) bond motifs is 1. The normalized spacial score (nSPS) is 11.4. The van der Waals surface area contributed by atoms with Crippen molar-refractivity contribution in [1.29, 1.82) is 0 Å². The highest BCUT2D eigenvalue weighted by atomic mass is 16.5. The molecule has 1 N–H and O–H groups in total. The number of carbonyl (C=O) groups excluding carboxylic acids is 1. The van der Waals surface area contributed by atoms with E-state index in [0.717, 1.165) is 44.8 Å². The second kappa shape index (κ2) is 9.75. The molecule has 6 heteroatoms. The number of rotatable bonds is 7. The van der Waals surface area contributed by atoms with Gasteiger partial charge in [0.05, 0.1) is 20.5 Å². The highest BCUT2D eigenvalue weighted by molar-refractivity contribution is 6.05. The minimum atomic E-state index is -0.208. The zero-order chi connectivity index (χ0) is 24.2. The summed E-state index contributed by atoms with van der Waals surface area (Å²) >= 11 is 0. The first-order valence-corrected chi connectivity index (χ1v) is 10.9. The molecule has 4 aromatic rings. The van der Waals surface area contributed by atoms with Crippen LogP contribution in [0.4, 0.5) is 11.4 Å². The predicted molar refractivity (Wildman–Crippen MR) is 138 cm³/mol. The van der Waals surface area contributed by atoms with Crippen molar-refractivity contribution in [2.24, 2.45) is 0 Å². The number of furan rings is 1. The number of anilines is 2. The van der Waals surface area contributed by atoms with Crippen LogP contribution in [0.15, 0.2) is 77.4 Å². The third-order valence-electron chi connectivity index (χ3n) is 5.72. The fraction of sp³-hybridized carbons (Fsp3) is 0.179. The summed E-state index contributed by atoms with van der Waals surface area (Å²) in [5.41, 5.74) is 6.09. The molecule has 0 fully saturated rings. The van der Waals surface area contributed by atoms with Crippen molar-refractivity contribution in [2.45, 2.75) is 6.92 Å². The lowest BCUT2D eigenvalue weighted by atomic mass is 9.99. The second-order valence-corrected chi connectivity index (χ2v) is 8.18. The van der Waals surface area contributed by atoms with Crippen LogP contribution in [-0.2, 0) is 4.79 Å². The number of nitrogens with zero attached hydrogens (tertiary/aromatic N) is 1. The Morgan fingerprint density at radius 1 is 0.971 bits per heavy atom. The van der Waals surface area contributed by atoms with Gasteiger partial charge in [-0.05, 0) is 60.5 Å². The Morgan fingerprint density at radius 3 is 2.29 bits per heavy atom. The quantitative estimate of drug-likeness (QED) is 0.334. The molecule has 0 unspecified atom stereocenters. The van der Waals surface area contributed by atoms with Crippen molar-refractivity contribution in [2.75, 3.05) is 38.5 Å². The zero-order valence-electron chi connectivity index (χ0n) is 20.0. The van der Waals surface area contributed by atoms with Gasteiger partial charge < -0.3 is 24.1 Å². The molecule has 0 aliphatic rings. The van der Waals surface area contributed by atoms with Crippen molar-refractivity contribution in [3.8, 4) is 22.6 Å². The molecular formula is C28H28N2O4. The Balaban J connectivity index is 1.64. The fourth-order valence-electron chi connectivity index (χ4n) is 3.82. The maximum atomic E-state index is 12.7. The first-order valence-electron chi connectivity index (χ1n) is 10.9. The molecule has 0 aliphatic carbocycles. The number of ether oxygens (including phenoxy) is 2. The largest absolute Gasteiger partial charge is 0.497 e. The number of hydrogen-bond acceptors (Lipinski definition) is 5. The molecule has 1 aromatic heterocycles. The first kappa shape index (κ1) is 23.0. The van der Waals surface area contributed by atoms with E-state index >= 15 is 0 Å². The van der Waals surface area contributed by atoms with E-state index in [-0.39, 0.29) is 5.91 Å². The Labute approximate surface area is 199 Å². The lowest BCUT2D eigenvalue weighted by Gasteiger charge is -2.13. The molecule has 34 heavy (non-hydrogen) atoms. The van der Waals surface area contributed by atoms with Crippen molar-refractivity contribution in [1.82, 2.24) is 0 Å². The molecule has 6 nitrogen and oxygen atoms in total. The predicted octanol–water partition coefficient (Wildman–Crippen LogP) is 6.23. The van der Waals surface area contributed by atoms with Gasteiger partial charge in [0.1, 0.15) is 17.1 Å². The summed E-state index contributed by atoms with van der Waals surface area (Å²) < 4.78 is 16.7. The van der Waals surface area contributed by atoms with Gasteiger partial charge in [-0.25, -0.2) is 0 Å². The average molecular weight is 457 g/mol. The van der Waals surface area contributed by atoms with E-state index in [9.17, 15) is 4.79 Å². The number of allylic oxidation sites excluding steroid dienone is 1. The molecule has 1 amide bonds. The third kappa shape index (κ3) is 4.76. The van der Waals surface area contributed by atoms with Crippen LogP contribution >= 0.6 is 0 Å². The van der Waals surface area contributed by atoms with Crippen molar-refractivity contribution in [3.05, 3.63) is 78.6 Å². The molecule has 0 saturated carbocycles. The van der Waals surface area contributed by atoms with E-state index in [1.807, 2.05) is 86.6 Å². The Bertz CT molecular complexity index is 1330. The van der Waals surface area contributed by atoms with Gasteiger partial charge in [0, 0.05) is 54.1 Å². The molecule has 174 valence electrons. The summed E-state index contributed by atoms with van der Waals surface area (Å²) in [6, 6.07) is 19.4. The summed E-state index contributed by atoms with van der Waals surface area (Å²) in [6.07, 6.45) is 3.32. The van der Waals surface area contributed by atoms with E-state index in [0.29, 0.717) is 11.3 Å². The van der Waals surface area contributed by atoms with Crippen LogP contribution in [0.1, 0.15) is 12.5 Å². The monoisotopic (exact) mass is 456 g/mol. The summed E-state index contributed by atoms with van der Waals surface area (Å²) in [5, 5.41) is 3.86. The highest BCUT2D eigenvalue weighted by Crippen LogP contribution is 2.37. The number of carbonyl (C=O) groups is 1. The Morgan fingerprint density at radius 2 is 1.68 bits per heavy atom. The second-order valence-electron chi connectivity index (χ2n) is 8.18. The fourth-order valence-corrected chi connectivity index (χ4v) is 3.82. The van der Waals surface area contributed by atoms with Gasteiger partial charge in [0.25, 0.3) is 0 Å². The van der Waals surface area contributed by atoms with E-state index in [4.69, 9.17) is 13.9 Å². The van der Waals surface area contributed by atoms with Crippen LogP contribution in [0.25, 0.3) is 27.7 Å². The van der Waals surface area contributed by atoms with Crippen molar-refractivity contribution >= 4 is 33.8 Å². The molecule has 1 heterocycles. The van der Waals surface area contributed by atoms with Gasteiger partial charge in [0.15, 0.2) is 0 Å². The van der Waals surface area contributed by atoms with E-state index in [1.54, 1.807) is 26.6 Å². The number of benzene rings is 3. The minimum Gasteiger partial charge on any atom is -0.497 e. The van der Waals surface area contributed by atoms with Crippen molar-refractivity contribution < 1.29 is 18.7 Å². The van der Waals surface area contributed by atoms with Gasteiger partial charge in [-0.1, -0.05) is 12.1 Å². The summed E-state index contributed by atoms with van der Waals surface area (Å²) in [5.74, 6) is 1.22. The number of amides is 1. The average Bonchev–Trinajstić information content (AvgIpc) is 3.26. The van der Waals surface area contributed by atoms with Crippen LogP contribution < -0.4 is 19.7 Å². The van der Waals surface area contributed by atoms with Gasteiger partial charge in [0.2, 0.25) is 5.91 Å². The minimum absolute atomic E-state index is 0.208. The van der Waals surface area contributed by atoms with Crippen LogP contribution in [-0.4, -0.2) is 34.2 Å². The lowest BCUT2D eigenvalue weighted by Crippen LogP contribution is -2.10. The van der Waals surface area contributed by atoms with Crippen LogP contribution in [0.5, 0.6) is 11.5 Å². The summed E-state index contributed by atoms with van der Waals surface area (Å²) in [6.45, 7) is 1.89. The molecule has 0 aliphatic heterocycles. The molecule has 0 atom stereocenters. The van der Waals surface area contributed by atoms with Gasteiger partial charge in [-0.15, -0.1) is 0 Å². The molecule has 0 radical (unpaired) electrons. The molecule has 0 saturated heterocycles. The smallest absolute Gasteiger partial charge is 0.248 e. The highest BCUT2D eigenvalue weighted by Gasteiger charge is 2.15. The maximum Gasteiger partial charge on any atom is 0.248 e. The van der Waals surface area contributed by atoms with Crippen LogP contribution in [0.3, 0.4) is 0 Å². The van der Waals surface area contributed by atoms with Crippen LogP contribution in [0.2, 0.25) is 0 Å². The van der Waals surface area contributed by atoms with Gasteiger partial charge in [-0.3, -0.25) is 4.79 Å². The Hall–Kier alpha value is -4.19. The van der Waals surface area contributed by atoms with Gasteiger partial charge >= 0.3 is 0 Å².